The second-order valence-corrected chi connectivity index (χ2v) is 5.70. The van der Waals surface area contributed by atoms with Gasteiger partial charge < -0.3 is 4.57 Å². The molecule has 2 aromatic heterocycles. The van der Waals surface area contributed by atoms with E-state index < -0.39 is 0 Å². The lowest BCUT2D eigenvalue weighted by Gasteiger charge is -2.25. The summed E-state index contributed by atoms with van der Waals surface area (Å²) in [6.07, 6.45) is 9.95. The van der Waals surface area contributed by atoms with E-state index in [0.717, 1.165) is 23.4 Å². The Hall–Kier alpha value is -1.23. The van der Waals surface area contributed by atoms with E-state index >= 15 is 0 Å². The fourth-order valence-electron chi connectivity index (χ4n) is 2.36. The Morgan fingerprint density at radius 2 is 2.28 bits per heavy atom. The van der Waals surface area contributed by atoms with Gasteiger partial charge >= 0.3 is 0 Å². The molecule has 0 radical (unpaired) electrons. The average Bonchev–Trinajstić information content (AvgIpc) is 2.33. The average molecular weight is 308 g/mol. The molecule has 0 aliphatic heterocycles. The third kappa shape index (κ3) is 2.07. The molecule has 1 saturated carbocycles. The summed E-state index contributed by atoms with van der Waals surface area (Å²) in [7, 11) is 0. The Morgan fingerprint density at radius 1 is 1.44 bits per heavy atom. The molecule has 2 aromatic rings. The molecule has 2 heterocycles. The first-order valence-corrected chi connectivity index (χ1v) is 7.03. The summed E-state index contributed by atoms with van der Waals surface area (Å²) in [6, 6.07) is 0. The number of hydrogen-bond donors (Lipinski definition) is 0. The van der Waals surface area contributed by atoms with Crippen LogP contribution in [-0.4, -0.2) is 14.5 Å². The lowest BCUT2D eigenvalue weighted by atomic mass is 9.83. The highest BCUT2D eigenvalue weighted by molar-refractivity contribution is 9.10. The number of aromatic nitrogens is 3. The smallest absolute Gasteiger partial charge is 0.261 e. The van der Waals surface area contributed by atoms with Crippen LogP contribution in [0, 0.1) is 5.92 Å². The summed E-state index contributed by atoms with van der Waals surface area (Å²) in [6.45, 7) is 0.785. The van der Waals surface area contributed by atoms with Crippen LogP contribution < -0.4 is 5.56 Å². The number of halogens is 1. The van der Waals surface area contributed by atoms with Gasteiger partial charge in [-0.05, 0) is 28.3 Å². The van der Waals surface area contributed by atoms with Gasteiger partial charge in [-0.2, -0.15) is 0 Å². The third-order valence-corrected chi connectivity index (χ3v) is 4.28. The Morgan fingerprint density at radius 3 is 3.00 bits per heavy atom. The first-order chi connectivity index (χ1) is 8.75. The van der Waals surface area contributed by atoms with Crippen molar-refractivity contribution in [1.29, 1.82) is 0 Å². The van der Waals surface area contributed by atoms with Crippen LogP contribution in [-0.2, 0) is 6.54 Å². The second kappa shape index (κ2) is 4.80. The maximum atomic E-state index is 12.3. The fourth-order valence-corrected chi connectivity index (χ4v) is 2.92. The molecule has 18 heavy (non-hydrogen) atoms. The van der Waals surface area contributed by atoms with Gasteiger partial charge in [0, 0.05) is 18.9 Å². The molecule has 4 nitrogen and oxygen atoms in total. The normalized spacial score (nSPS) is 15.8. The van der Waals surface area contributed by atoms with Gasteiger partial charge in [0.25, 0.3) is 5.56 Å². The summed E-state index contributed by atoms with van der Waals surface area (Å²) < 4.78 is 2.63. The van der Waals surface area contributed by atoms with Crippen molar-refractivity contribution in [2.45, 2.75) is 32.2 Å². The van der Waals surface area contributed by atoms with Crippen LogP contribution in [0.15, 0.2) is 28.0 Å². The highest BCUT2D eigenvalue weighted by atomic mass is 79.9. The topological polar surface area (TPSA) is 47.8 Å². The Kier molecular flexibility index (Phi) is 3.16. The summed E-state index contributed by atoms with van der Waals surface area (Å²) >= 11 is 3.47. The molecule has 0 spiro atoms. The number of hydrogen-bond acceptors (Lipinski definition) is 3. The molecule has 0 N–H and O–H groups in total. The van der Waals surface area contributed by atoms with E-state index in [1.165, 1.54) is 25.6 Å². The maximum absolute atomic E-state index is 12.3. The third-order valence-electron chi connectivity index (χ3n) is 3.70. The molecule has 3 rings (SSSR count). The molecule has 0 unspecified atom stereocenters. The van der Waals surface area contributed by atoms with Gasteiger partial charge in [-0.25, -0.2) is 9.97 Å². The predicted molar refractivity (Wildman–Crippen MR) is 73.5 cm³/mol. The number of rotatable bonds is 3. The lowest BCUT2D eigenvalue weighted by Crippen LogP contribution is -2.23. The van der Waals surface area contributed by atoms with Crippen molar-refractivity contribution in [2.75, 3.05) is 0 Å². The van der Waals surface area contributed by atoms with Gasteiger partial charge in [0.2, 0.25) is 0 Å². The summed E-state index contributed by atoms with van der Waals surface area (Å²) in [5, 5.41) is 0.584. The number of fused-ring (bicyclic) bond motifs is 1. The minimum Gasteiger partial charge on any atom is -0.314 e. The molecule has 94 valence electrons. The molecule has 0 bridgehead atoms. The summed E-state index contributed by atoms with van der Waals surface area (Å²) in [4.78, 5) is 20.3. The lowest BCUT2D eigenvalue weighted by molar-refractivity contribution is 0.281. The molecule has 0 amide bonds. The Bertz CT molecular complexity index is 634. The molecule has 0 atom stereocenters. The van der Waals surface area contributed by atoms with Crippen molar-refractivity contribution < 1.29 is 0 Å². The SMILES string of the molecule is O=c1c2cncnc2c(Br)cn1CCC1CCC1. The van der Waals surface area contributed by atoms with Gasteiger partial charge in [0.15, 0.2) is 0 Å². The van der Waals surface area contributed by atoms with Gasteiger partial charge in [0.1, 0.15) is 6.33 Å². The zero-order chi connectivity index (χ0) is 12.5. The van der Waals surface area contributed by atoms with Crippen molar-refractivity contribution in [3.63, 3.8) is 0 Å². The quantitative estimate of drug-likeness (QED) is 0.876. The minimum atomic E-state index is 0.00752. The number of aryl methyl sites for hydroxylation is 1. The van der Waals surface area contributed by atoms with Crippen LogP contribution in [0.1, 0.15) is 25.7 Å². The van der Waals surface area contributed by atoms with Crippen molar-refractivity contribution in [3.8, 4) is 0 Å². The summed E-state index contributed by atoms with van der Waals surface area (Å²) in [5.41, 5.74) is 0.697. The van der Waals surface area contributed by atoms with Gasteiger partial charge in [0.05, 0.1) is 15.4 Å². The highest BCUT2D eigenvalue weighted by Gasteiger charge is 2.17. The molecular formula is C13H14BrN3O. The number of nitrogens with zero attached hydrogens (tertiary/aromatic N) is 3. The highest BCUT2D eigenvalue weighted by Crippen LogP contribution is 2.29. The van der Waals surface area contributed by atoms with Crippen LogP contribution in [0.2, 0.25) is 0 Å². The number of pyridine rings is 1. The van der Waals surface area contributed by atoms with Crippen LogP contribution in [0.5, 0.6) is 0 Å². The first-order valence-electron chi connectivity index (χ1n) is 6.24. The van der Waals surface area contributed by atoms with E-state index in [4.69, 9.17) is 0 Å². The Labute approximate surface area is 113 Å². The fraction of sp³-hybridized carbons (Fsp3) is 0.462. The standard InChI is InChI=1S/C13H14BrN3O/c14-11-7-17(5-4-9-2-1-3-9)13(18)10-6-15-8-16-12(10)11/h6-9H,1-5H2. The second-order valence-electron chi connectivity index (χ2n) is 4.85. The van der Waals surface area contributed by atoms with Crippen LogP contribution >= 0.6 is 15.9 Å². The van der Waals surface area contributed by atoms with Crippen molar-refractivity contribution in [3.05, 3.63) is 33.5 Å². The molecular weight excluding hydrogens is 294 g/mol. The summed E-state index contributed by atoms with van der Waals surface area (Å²) in [5.74, 6) is 0.804. The molecule has 1 fully saturated rings. The predicted octanol–water partition coefficient (Wildman–Crippen LogP) is 2.74. The largest absolute Gasteiger partial charge is 0.314 e. The molecule has 1 aliphatic rings. The molecule has 1 aliphatic carbocycles. The van der Waals surface area contributed by atoms with Gasteiger partial charge in [-0.15, -0.1) is 0 Å². The van der Waals surface area contributed by atoms with Crippen molar-refractivity contribution in [1.82, 2.24) is 14.5 Å². The zero-order valence-electron chi connectivity index (χ0n) is 9.97. The van der Waals surface area contributed by atoms with E-state index in [-0.39, 0.29) is 5.56 Å². The van der Waals surface area contributed by atoms with Gasteiger partial charge in [-0.3, -0.25) is 4.79 Å². The monoisotopic (exact) mass is 307 g/mol. The van der Waals surface area contributed by atoms with Crippen LogP contribution in [0.25, 0.3) is 10.9 Å². The molecule has 0 saturated heterocycles. The maximum Gasteiger partial charge on any atom is 0.261 e. The van der Waals surface area contributed by atoms with E-state index in [1.54, 1.807) is 10.8 Å². The van der Waals surface area contributed by atoms with Crippen LogP contribution in [0.4, 0.5) is 0 Å². The molecule has 5 heteroatoms. The van der Waals surface area contributed by atoms with E-state index in [9.17, 15) is 4.79 Å². The van der Waals surface area contributed by atoms with Gasteiger partial charge in [-0.1, -0.05) is 19.3 Å². The first kappa shape index (κ1) is 11.8. The Balaban J connectivity index is 1.96. The van der Waals surface area contributed by atoms with Crippen LogP contribution in [0.3, 0.4) is 0 Å². The zero-order valence-corrected chi connectivity index (χ0v) is 11.6. The molecule has 0 aromatic carbocycles. The van der Waals surface area contributed by atoms with Crippen molar-refractivity contribution in [2.24, 2.45) is 5.92 Å². The van der Waals surface area contributed by atoms with E-state index in [0.29, 0.717) is 10.9 Å². The van der Waals surface area contributed by atoms with E-state index in [1.807, 2.05) is 6.20 Å². The van der Waals surface area contributed by atoms with E-state index in [2.05, 4.69) is 25.9 Å². The van der Waals surface area contributed by atoms with Crippen molar-refractivity contribution >= 4 is 26.8 Å². The minimum absolute atomic E-state index is 0.00752.